The van der Waals surface area contributed by atoms with Crippen LogP contribution in [0.4, 0.5) is 18.9 Å². The molecule has 0 aliphatic rings. The first-order chi connectivity index (χ1) is 12.5. The van der Waals surface area contributed by atoms with Crippen LogP contribution in [0.25, 0.3) is 11.0 Å². The lowest BCUT2D eigenvalue weighted by molar-refractivity contribution is -0.384. The number of nitrogens with zero attached hydrogens (tertiary/aromatic N) is 3. The number of rotatable bonds is 4. The third-order valence-electron chi connectivity index (χ3n) is 4.17. The van der Waals surface area contributed by atoms with Gasteiger partial charge in [-0.1, -0.05) is 0 Å². The number of hydrogen-bond donors (Lipinski definition) is 0. The first-order valence-corrected chi connectivity index (χ1v) is 7.96. The monoisotopic (exact) mass is 379 g/mol. The number of benzene rings is 2. The Labute approximate surface area is 152 Å². The van der Waals surface area contributed by atoms with Crippen molar-refractivity contribution in [2.75, 3.05) is 0 Å². The van der Waals surface area contributed by atoms with E-state index in [1.165, 1.54) is 24.3 Å². The number of aryl methyl sites for hydroxylation is 1. The van der Waals surface area contributed by atoms with Gasteiger partial charge in [0.15, 0.2) is 11.4 Å². The maximum Gasteiger partial charge on any atom is 0.416 e. The number of nitro benzene ring substituents is 1. The van der Waals surface area contributed by atoms with Crippen LogP contribution in [-0.2, 0) is 18.8 Å². The van der Waals surface area contributed by atoms with E-state index >= 15 is 0 Å². The zero-order valence-electron chi connectivity index (χ0n) is 14.7. The predicted molar refractivity (Wildman–Crippen MR) is 92.5 cm³/mol. The lowest BCUT2D eigenvalue weighted by Gasteiger charge is -2.26. The molecule has 0 bridgehead atoms. The number of fused-ring (bicyclic) bond motifs is 1. The summed E-state index contributed by atoms with van der Waals surface area (Å²) in [5, 5.41) is 10.9. The second-order valence-corrected chi connectivity index (χ2v) is 6.56. The molecule has 0 aliphatic carbocycles. The lowest BCUT2D eigenvalue weighted by Crippen LogP contribution is -2.29. The van der Waals surface area contributed by atoms with Gasteiger partial charge in [0.05, 0.1) is 21.5 Å². The minimum absolute atomic E-state index is 0.0754. The molecule has 1 aromatic heterocycles. The van der Waals surface area contributed by atoms with Crippen LogP contribution in [0.1, 0.15) is 25.2 Å². The maximum atomic E-state index is 12.7. The van der Waals surface area contributed by atoms with Gasteiger partial charge in [0.2, 0.25) is 0 Å². The molecule has 6 nitrogen and oxygen atoms in total. The zero-order chi connectivity index (χ0) is 20.0. The molecule has 0 amide bonds. The summed E-state index contributed by atoms with van der Waals surface area (Å²) in [4.78, 5) is 14.9. The Morgan fingerprint density at radius 3 is 2.30 bits per heavy atom. The molecular formula is C18H16F3N3O3. The quantitative estimate of drug-likeness (QED) is 0.482. The number of ether oxygens (including phenoxy) is 1. The molecule has 0 saturated carbocycles. The number of nitro groups is 1. The molecule has 0 saturated heterocycles. The van der Waals surface area contributed by atoms with Crippen molar-refractivity contribution in [2.45, 2.75) is 25.6 Å². The fourth-order valence-electron chi connectivity index (χ4n) is 2.89. The summed E-state index contributed by atoms with van der Waals surface area (Å²) in [6, 6.07) is 8.74. The van der Waals surface area contributed by atoms with Crippen molar-refractivity contribution in [3.8, 4) is 5.75 Å². The Morgan fingerprint density at radius 1 is 1.11 bits per heavy atom. The first kappa shape index (κ1) is 18.7. The van der Waals surface area contributed by atoms with Crippen molar-refractivity contribution in [1.29, 1.82) is 0 Å². The fraction of sp³-hybridized carbons (Fsp3) is 0.278. The largest absolute Gasteiger partial charge is 0.480 e. The van der Waals surface area contributed by atoms with Gasteiger partial charge in [-0.2, -0.15) is 13.2 Å². The van der Waals surface area contributed by atoms with E-state index in [4.69, 9.17) is 4.74 Å². The van der Waals surface area contributed by atoms with Crippen LogP contribution in [0, 0.1) is 10.1 Å². The highest BCUT2D eigenvalue weighted by molar-refractivity contribution is 5.78. The summed E-state index contributed by atoms with van der Waals surface area (Å²) >= 11 is 0. The molecule has 0 N–H and O–H groups in total. The fourth-order valence-corrected chi connectivity index (χ4v) is 2.89. The minimum atomic E-state index is -4.42. The van der Waals surface area contributed by atoms with Crippen LogP contribution in [0.3, 0.4) is 0 Å². The van der Waals surface area contributed by atoms with Crippen LogP contribution >= 0.6 is 0 Å². The lowest BCUT2D eigenvalue weighted by atomic mass is 10.1. The smallest absolute Gasteiger partial charge is 0.416 e. The molecule has 27 heavy (non-hydrogen) atoms. The molecule has 0 radical (unpaired) electrons. The number of non-ortho nitro benzene ring substituents is 1. The van der Waals surface area contributed by atoms with Crippen LogP contribution in [-0.4, -0.2) is 14.5 Å². The second kappa shape index (κ2) is 6.26. The molecule has 9 heteroatoms. The van der Waals surface area contributed by atoms with E-state index in [9.17, 15) is 23.3 Å². The zero-order valence-corrected chi connectivity index (χ0v) is 14.7. The van der Waals surface area contributed by atoms with Gasteiger partial charge in [-0.05, 0) is 44.2 Å². The van der Waals surface area contributed by atoms with Crippen molar-refractivity contribution in [2.24, 2.45) is 7.05 Å². The van der Waals surface area contributed by atoms with Crippen LogP contribution in [0.5, 0.6) is 5.75 Å². The van der Waals surface area contributed by atoms with Crippen molar-refractivity contribution in [3.63, 3.8) is 0 Å². The first-order valence-electron chi connectivity index (χ1n) is 7.96. The Morgan fingerprint density at radius 2 is 1.74 bits per heavy atom. The average Bonchev–Trinajstić information content (AvgIpc) is 2.91. The maximum absolute atomic E-state index is 12.7. The van der Waals surface area contributed by atoms with Gasteiger partial charge in [0.1, 0.15) is 5.75 Å². The third-order valence-corrected chi connectivity index (χ3v) is 4.17. The Bertz CT molecular complexity index is 1010. The normalized spacial score (nSPS) is 12.4. The van der Waals surface area contributed by atoms with E-state index in [1.807, 2.05) is 0 Å². The molecular weight excluding hydrogens is 363 g/mol. The van der Waals surface area contributed by atoms with E-state index in [0.29, 0.717) is 16.9 Å². The van der Waals surface area contributed by atoms with E-state index in [1.54, 1.807) is 31.5 Å². The van der Waals surface area contributed by atoms with Crippen LogP contribution in [0.2, 0.25) is 0 Å². The van der Waals surface area contributed by atoms with E-state index in [0.717, 1.165) is 12.1 Å². The van der Waals surface area contributed by atoms with E-state index < -0.39 is 22.3 Å². The second-order valence-electron chi connectivity index (χ2n) is 6.56. The predicted octanol–water partition coefficient (Wildman–Crippen LogP) is 4.81. The van der Waals surface area contributed by atoms with Crippen molar-refractivity contribution >= 4 is 16.7 Å². The van der Waals surface area contributed by atoms with Crippen LogP contribution < -0.4 is 4.74 Å². The van der Waals surface area contributed by atoms with Crippen molar-refractivity contribution in [1.82, 2.24) is 9.55 Å². The molecule has 142 valence electrons. The number of alkyl halides is 3. The van der Waals surface area contributed by atoms with Crippen molar-refractivity contribution in [3.05, 3.63) is 64.0 Å². The SMILES string of the molecule is Cn1c(C(C)(C)Oc2ccc(C(F)(F)F)cc2)nc2cc([N+](=O)[O-])ccc21. The Balaban J connectivity index is 1.94. The highest BCUT2D eigenvalue weighted by Gasteiger charge is 2.32. The number of hydrogen-bond acceptors (Lipinski definition) is 4. The van der Waals surface area contributed by atoms with Gasteiger partial charge in [0.25, 0.3) is 5.69 Å². The molecule has 0 aliphatic heterocycles. The molecule has 2 aromatic carbocycles. The molecule has 0 unspecified atom stereocenters. The number of imidazole rings is 1. The summed E-state index contributed by atoms with van der Waals surface area (Å²) in [5.74, 6) is 0.740. The summed E-state index contributed by atoms with van der Waals surface area (Å²) in [6.07, 6.45) is -4.42. The highest BCUT2D eigenvalue weighted by atomic mass is 19.4. The third kappa shape index (κ3) is 3.57. The summed E-state index contributed by atoms with van der Waals surface area (Å²) < 4.78 is 45.6. The molecule has 1 heterocycles. The standard InChI is InChI=1S/C18H16F3N3O3/c1-17(2,27-13-7-4-11(5-8-13)18(19,20)21)16-22-14-10-12(24(25)26)6-9-15(14)23(16)3/h4-10H,1-3H3. The van der Waals surface area contributed by atoms with Gasteiger partial charge < -0.3 is 9.30 Å². The molecule has 3 rings (SSSR count). The van der Waals surface area contributed by atoms with Gasteiger partial charge in [-0.25, -0.2) is 4.98 Å². The minimum Gasteiger partial charge on any atom is -0.480 e. The van der Waals surface area contributed by atoms with Gasteiger partial charge in [0, 0.05) is 19.2 Å². The Hall–Kier alpha value is -3.10. The van der Waals surface area contributed by atoms with E-state index in [2.05, 4.69) is 4.98 Å². The molecule has 0 spiro atoms. The van der Waals surface area contributed by atoms with Gasteiger partial charge >= 0.3 is 6.18 Å². The topological polar surface area (TPSA) is 70.2 Å². The van der Waals surface area contributed by atoms with Gasteiger partial charge in [-0.3, -0.25) is 10.1 Å². The number of halogens is 3. The number of aromatic nitrogens is 2. The summed E-state index contributed by atoms with van der Waals surface area (Å²) in [5.41, 5.74) is -0.704. The van der Waals surface area contributed by atoms with Gasteiger partial charge in [-0.15, -0.1) is 0 Å². The van der Waals surface area contributed by atoms with E-state index in [-0.39, 0.29) is 11.4 Å². The average molecular weight is 379 g/mol. The Kier molecular flexibility index (Phi) is 4.33. The summed E-state index contributed by atoms with van der Waals surface area (Å²) in [6.45, 7) is 3.45. The van der Waals surface area contributed by atoms with Crippen LogP contribution in [0.15, 0.2) is 42.5 Å². The van der Waals surface area contributed by atoms with Crippen molar-refractivity contribution < 1.29 is 22.8 Å². The molecule has 0 fully saturated rings. The summed E-state index contributed by atoms with van der Waals surface area (Å²) in [7, 11) is 1.74. The molecule has 3 aromatic rings. The molecule has 0 atom stereocenters. The highest BCUT2D eigenvalue weighted by Crippen LogP contribution is 2.33.